The SMILES string of the molecule is COc1cc(CC(=O)NCC(C)(O)C(=O)O)ccc1C. The maximum atomic E-state index is 11.7. The van der Waals surface area contributed by atoms with Crippen LogP contribution in [0.3, 0.4) is 0 Å². The van der Waals surface area contributed by atoms with Crippen molar-refractivity contribution in [1.29, 1.82) is 0 Å². The third-order valence-electron chi connectivity index (χ3n) is 2.93. The maximum absolute atomic E-state index is 11.7. The smallest absolute Gasteiger partial charge is 0.337 e. The summed E-state index contributed by atoms with van der Waals surface area (Å²) in [5.41, 5.74) is -0.258. The zero-order valence-electron chi connectivity index (χ0n) is 11.8. The van der Waals surface area contributed by atoms with Gasteiger partial charge in [-0.1, -0.05) is 12.1 Å². The van der Waals surface area contributed by atoms with E-state index in [4.69, 9.17) is 9.84 Å². The zero-order valence-corrected chi connectivity index (χ0v) is 11.8. The summed E-state index contributed by atoms with van der Waals surface area (Å²) < 4.78 is 5.16. The summed E-state index contributed by atoms with van der Waals surface area (Å²) in [5, 5.41) is 20.6. The number of carboxylic acid groups (broad SMARTS) is 1. The van der Waals surface area contributed by atoms with Crippen molar-refractivity contribution < 1.29 is 24.5 Å². The third kappa shape index (κ3) is 4.24. The number of aliphatic hydroxyl groups is 1. The number of amides is 1. The van der Waals surface area contributed by atoms with Crippen molar-refractivity contribution in [2.24, 2.45) is 0 Å². The highest BCUT2D eigenvalue weighted by molar-refractivity contribution is 5.81. The highest BCUT2D eigenvalue weighted by atomic mass is 16.5. The fourth-order valence-corrected chi connectivity index (χ4v) is 1.57. The molecule has 20 heavy (non-hydrogen) atoms. The van der Waals surface area contributed by atoms with E-state index in [9.17, 15) is 14.7 Å². The Balaban J connectivity index is 2.61. The van der Waals surface area contributed by atoms with Crippen LogP contribution in [0.15, 0.2) is 18.2 Å². The number of methoxy groups -OCH3 is 1. The lowest BCUT2D eigenvalue weighted by atomic mass is 10.1. The molecule has 1 aromatic rings. The van der Waals surface area contributed by atoms with Gasteiger partial charge < -0.3 is 20.3 Å². The first kappa shape index (κ1) is 16.0. The van der Waals surface area contributed by atoms with E-state index in [0.29, 0.717) is 5.75 Å². The number of hydrogen-bond acceptors (Lipinski definition) is 4. The molecule has 6 nitrogen and oxygen atoms in total. The summed E-state index contributed by atoms with van der Waals surface area (Å²) in [5.74, 6) is -1.06. The summed E-state index contributed by atoms with van der Waals surface area (Å²) in [6.07, 6.45) is 0.0896. The van der Waals surface area contributed by atoms with E-state index in [1.807, 2.05) is 13.0 Å². The summed E-state index contributed by atoms with van der Waals surface area (Å²) in [7, 11) is 1.55. The lowest BCUT2D eigenvalue weighted by Gasteiger charge is -2.18. The molecule has 1 atom stereocenters. The Morgan fingerprint density at radius 2 is 2.05 bits per heavy atom. The van der Waals surface area contributed by atoms with E-state index in [0.717, 1.165) is 18.1 Å². The van der Waals surface area contributed by atoms with Crippen molar-refractivity contribution in [3.05, 3.63) is 29.3 Å². The Labute approximate surface area is 117 Å². The number of benzene rings is 1. The number of aryl methyl sites for hydroxylation is 1. The molecule has 1 aromatic carbocycles. The van der Waals surface area contributed by atoms with Gasteiger partial charge in [0.15, 0.2) is 5.60 Å². The number of hydrogen-bond donors (Lipinski definition) is 3. The van der Waals surface area contributed by atoms with Crippen molar-refractivity contribution >= 4 is 11.9 Å². The molecule has 6 heteroatoms. The Kier molecular flexibility index (Phi) is 5.10. The van der Waals surface area contributed by atoms with Crippen LogP contribution in [0.1, 0.15) is 18.1 Å². The molecular weight excluding hydrogens is 262 g/mol. The van der Waals surface area contributed by atoms with Gasteiger partial charge in [0, 0.05) is 0 Å². The lowest BCUT2D eigenvalue weighted by Crippen LogP contribution is -2.46. The van der Waals surface area contributed by atoms with Gasteiger partial charge in [0.1, 0.15) is 5.75 Å². The molecule has 1 unspecified atom stereocenters. The molecule has 110 valence electrons. The summed E-state index contributed by atoms with van der Waals surface area (Å²) in [6.45, 7) is 2.68. The minimum atomic E-state index is -1.97. The third-order valence-corrected chi connectivity index (χ3v) is 2.93. The molecule has 0 radical (unpaired) electrons. The molecule has 0 heterocycles. The Morgan fingerprint density at radius 1 is 1.40 bits per heavy atom. The van der Waals surface area contributed by atoms with Gasteiger partial charge in [-0.2, -0.15) is 0 Å². The number of carbonyl (C=O) groups excluding carboxylic acids is 1. The van der Waals surface area contributed by atoms with E-state index >= 15 is 0 Å². The van der Waals surface area contributed by atoms with E-state index in [2.05, 4.69) is 5.32 Å². The number of rotatable bonds is 6. The molecule has 0 fully saturated rings. The van der Waals surface area contributed by atoms with Crippen molar-refractivity contribution in [2.75, 3.05) is 13.7 Å². The second-order valence-electron chi connectivity index (χ2n) is 4.84. The van der Waals surface area contributed by atoms with Gasteiger partial charge in [0.25, 0.3) is 0 Å². The molecule has 0 aliphatic rings. The van der Waals surface area contributed by atoms with E-state index in [1.165, 1.54) is 0 Å². The second kappa shape index (κ2) is 6.38. The highest BCUT2D eigenvalue weighted by Gasteiger charge is 2.30. The average molecular weight is 281 g/mol. The van der Waals surface area contributed by atoms with Crippen LogP contribution in [-0.4, -0.2) is 41.3 Å². The van der Waals surface area contributed by atoms with Gasteiger partial charge in [-0.25, -0.2) is 4.79 Å². The molecule has 0 aliphatic carbocycles. The molecule has 1 rings (SSSR count). The second-order valence-corrected chi connectivity index (χ2v) is 4.84. The van der Waals surface area contributed by atoms with Crippen LogP contribution in [0.2, 0.25) is 0 Å². The van der Waals surface area contributed by atoms with Crippen LogP contribution >= 0.6 is 0 Å². The summed E-state index contributed by atoms with van der Waals surface area (Å²) in [6, 6.07) is 5.39. The van der Waals surface area contributed by atoms with Crippen molar-refractivity contribution in [2.45, 2.75) is 25.9 Å². The molecule has 1 amide bonds. The first-order valence-electron chi connectivity index (χ1n) is 6.12. The molecule has 3 N–H and O–H groups in total. The van der Waals surface area contributed by atoms with Crippen LogP contribution < -0.4 is 10.1 Å². The quantitative estimate of drug-likeness (QED) is 0.705. The van der Waals surface area contributed by atoms with Gasteiger partial charge >= 0.3 is 5.97 Å². The Bertz CT molecular complexity index is 510. The van der Waals surface area contributed by atoms with Gasteiger partial charge in [0.05, 0.1) is 20.1 Å². The molecule has 0 saturated carbocycles. The van der Waals surface area contributed by atoms with Gasteiger partial charge in [-0.05, 0) is 31.0 Å². The number of aliphatic carboxylic acids is 1. The average Bonchev–Trinajstić information content (AvgIpc) is 2.38. The molecule has 0 bridgehead atoms. The highest BCUT2D eigenvalue weighted by Crippen LogP contribution is 2.19. The van der Waals surface area contributed by atoms with Crippen LogP contribution in [0.4, 0.5) is 0 Å². The van der Waals surface area contributed by atoms with Crippen LogP contribution in [0.5, 0.6) is 5.75 Å². The predicted octanol–water partition coefficient (Wildman–Crippen LogP) is 0.498. The number of carboxylic acids is 1. The minimum absolute atomic E-state index is 0.0896. The van der Waals surface area contributed by atoms with E-state index in [1.54, 1.807) is 19.2 Å². The largest absolute Gasteiger partial charge is 0.496 e. The van der Waals surface area contributed by atoms with Crippen molar-refractivity contribution in [1.82, 2.24) is 5.32 Å². The number of nitrogens with one attached hydrogen (secondary N) is 1. The normalized spacial score (nSPS) is 13.4. The van der Waals surface area contributed by atoms with Gasteiger partial charge in [0.2, 0.25) is 5.91 Å². The van der Waals surface area contributed by atoms with Crippen LogP contribution in [0, 0.1) is 6.92 Å². The maximum Gasteiger partial charge on any atom is 0.337 e. The van der Waals surface area contributed by atoms with Gasteiger partial charge in [-0.15, -0.1) is 0 Å². The first-order valence-corrected chi connectivity index (χ1v) is 6.12. The number of ether oxygens (including phenoxy) is 1. The van der Waals surface area contributed by atoms with Crippen molar-refractivity contribution in [3.63, 3.8) is 0 Å². The minimum Gasteiger partial charge on any atom is -0.496 e. The van der Waals surface area contributed by atoms with E-state index in [-0.39, 0.29) is 18.9 Å². The van der Waals surface area contributed by atoms with Crippen LogP contribution in [-0.2, 0) is 16.0 Å². The Morgan fingerprint density at radius 3 is 2.60 bits per heavy atom. The monoisotopic (exact) mass is 281 g/mol. The molecular formula is C14H19NO5. The fraction of sp³-hybridized carbons (Fsp3) is 0.429. The molecule has 0 aliphatic heterocycles. The van der Waals surface area contributed by atoms with E-state index < -0.39 is 11.6 Å². The van der Waals surface area contributed by atoms with Crippen LogP contribution in [0.25, 0.3) is 0 Å². The standard InChI is InChI=1S/C14H19NO5/c1-9-4-5-10(6-11(9)20-3)7-12(16)15-8-14(2,19)13(17)18/h4-6,19H,7-8H2,1-3H3,(H,15,16)(H,17,18). The fourth-order valence-electron chi connectivity index (χ4n) is 1.57. The summed E-state index contributed by atoms with van der Waals surface area (Å²) in [4.78, 5) is 22.4. The number of carbonyl (C=O) groups is 2. The predicted molar refractivity (Wildman–Crippen MR) is 72.7 cm³/mol. The topological polar surface area (TPSA) is 95.9 Å². The first-order chi connectivity index (χ1) is 9.26. The zero-order chi connectivity index (χ0) is 15.3. The summed E-state index contributed by atoms with van der Waals surface area (Å²) >= 11 is 0. The molecule has 0 saturated heterocycles. The lowest BCUT2D eigenvalue weighted by molar-refractivity contribution is -0.156. The molecule has 0 spiro atoms. The Hall–Kier alpha value is -2.08. The van der Waals surface area contributed by atoms with Gasteiger partial charge in [-0.3, -0.25) is 4.79 Å². The van der Waals surface area contributed by atoms with Crippen molar-refractivity contribution in [3.8, 4) is 5.75 Å². The molecule has 0 aromatic heterocycles.